The highest BCUT2D eigenvalue weighted by Gasteiger charge is 2.58. The number of carbonyl (C=O) groups excluding carboxylic acids is 1. The van der Waals surface area contributed by atoms with E-state index in [1.165, 1.54) is 10.9 Å². The first-order valence-electron chi connectivity index (χ1n) is 10.6. The zero-order valence-electron chi connectivity index (χ0n) is 16.8. The third kappa shape index (κ3) is 2.83. The van der Waals surface area contributed by atoms with Gasteiger partial charge in [0.15, 0.2) is 0 Å². The van der Waals surface area contributed by atoms with Gasteiger partial charge in [-0.15, -0.1) is 0 Å². The maximum atomic E-state index is 12.8. The predicted octanol–water partition coefficient (Wildman–Crippen LogP) is 3.43. The summed E-state index contributed by atoms with van der Waals surface area (Å²) in [6.07, 6.45) is 4.36. The SMILES string of the molecule is CC(C)[C@H]1CO[C@]23CCN(Cc4ccc5ncccc5c4)C[C@H]2CCC(=O)N13. The summed E-state index contributed by atoms with van der Waals surface area (Å²) in [5, 5.41) is 1.20. The molecule has 0 N–H and O–H groups in total. The molecule has 0 bridgehead atoms. The van der Waals surface area contributed by atoms with Gasteiger partial charge < -0.3 is 9.64 Å². The van der Waals surface area contributed by atoms with Gasteiger partial charge in [-0.1, -0.05) is 26.0 Å². The first-order chi connectivity index (χ1) is 13.6. The van der Waals surface area contributed by atoms with E-state index in [2.05, 4.69) is 52.9 Å². The second-order valence-corrected chi connectivity index (χ2v) is 8.98. The molecule has 3 atom stereocenters. The molecule has 1 spiro atoms. The molecule has 3 saturated heterocycles. The Kier molecular flexibility index (Phi) is 4.40. The van der Waals surface area contributed by atoms with Gasteiger partial charge in [0.25, 0.3) is 0 Å². The molecular formula is C23H29N3O2. The minimum absolute atomic E-state index is 0.231. The van der Waals surface area contributed by atoms with Crippen LogP contribution >= 0.6 is 0 Å². The van der Waals surface area contributed by atoms with Gasteiger partial charge in [-0.05, 0) is 36.1 Å². The highest BCUT2D eigenvalue weighted by molar-refractivity contribution is 5.79. The zero-order valence-corrected chi connectivity index (χ0v) is 16.8. The van der Waals surface area contributed by atoms with Gasteiger partial charge in [0, 0.05) is 50.0 Å². The second kappa shape index (κ2) is 6.82. The lowest BCUT2D eigenvalue weighted by molar-refractivity contribution is -0.193. The number of aromatic nitrogens is 1. The summed E-state index contributed by atoms with van der Waals surface area (Å²) in [7, 11) is 0. The van der Waals surface area contributed by atoms with E-state index >= 15 is 0 Å². The number of hydrogen-bond acceptors (Lipinski definition) is 4. The molecule has 4 heterocycles. The molecule has 5 nitrogen and oxygen atoms in total. The summed E-state index contributed by atoms with van der Waals surface area (Å²) in [6.45, 7) is 8.01. The van der Waals surface area contributed by atoms with Gasteiger partial charge in [0.05, 0.1) is 18.2 Å². The number of likely N-dealkylation sites (tertiary alicyclic amines) is 1. The number of benzene rings is 1. The fourth-order valence-corrected chi connectivity index (χ4v) is 5.48. The van der Waals surface area contributed by atoms with Crippen LogP contribution in [-0.2, 0) is 16.1 Å². The Balaban J connectivity index is 1.34. The molecule has 0 unspecified atom stereocenters. The van der Waals surface area contributed by atoms with Gasteiger partial charge in [-0.2, -0.15) is 0 Å². The number of amides is 1. The average molecular weight is 380 g/mol. The van der Waals surface area contributed by atoms with E-state index < -0.39 is 0 Å². The average Bonchev–Trinajstić information content (AvgIpc) is 3.10. The molecule has 0 radical (unpaired) electrons. The fourth-order valence-electron chi connectivity index (χ4n) is 5.48. The highest BCUT2D eigenvalue weighted by atomic mass is 16.5. The molecule has 5 heteroatoms. The van der Waals surface area contributed by atoms with Crippen LogP contribution < -0.4 is 0 Å². The van der Waals surface area contributed by atoms with E-state index in [0.717, 1.165) is 38.0 Å². The predicted molar refractivity (Wildman–Crippen MR) is 109 cm³/mol. The van der Waals surface area contributed by atoms with Crippen molar-refractivity contribution in [2.75, 3.05) is 19.7 Å². The zero-order chi connectivity index (χ0) is 19.3. The molecule has 1 aromatic heterocycles. The topological polar surface area (TPSA) is 45.7 Å². The molecule has 3 aliphatic rings. The quantitative estimate of drug-likeness (QED) is 0.820. The Bertz CT molecular complexity index is 898. The van der Waals surface area contributed by atoms with Crippen LogP contribution in [0, 0.1) is 11.8 Å². The van der Waals surface area contributed by atoms with Crippen molar-refractivity contribution in [1.82, 2.24) is 14.8 Å². The van der Waals surface area contributed by atoms with Crippen LogP contribution in [0.25, 0.3) is 10.9 Å². The largest absolute Gasteiger partial charge is 0.353 e. The molecule has 3 fully saturated rings. The molecular weight excluding hydrogens is 350 g/mol. The summed E-state index contributed by atoms with van der Waals surface area (Å²) < 4.78 is 6.42. The van der Waals surface area contributed by atoms with Crippen molar-refractivity contribution >= 4 is 16.8 Å². The van der Waals surface area contributed by atoms with Crippen molar-refractivity contribution < 1.29 is 9.53 Å². The van der Waals surface area contributed by atoms with Crippen molar-refractivity contribution in [2.45, 2.75) is 51.4 Å². The van der Waals surface area contributed by atoms with Crippen molar-refractivity contribution in [3.05, 3.63) is 42.1 Å². The number of rotatable bonds is 3. The van der Waals surface area contributed by atoms with Gasteiger partial charge >= 0.3 is 0 Å². The molecule has 1 amide bonds. The monoisotopic (exact) mass is 379 g/mol. The highest BCUT2D eigenvalue weighted by Crippen LogP contribution is 2.47. The summed E-state index contributed by atoms with van der Waals surface area (Å²) in [5.41, 5.74) is 2.02. The van der Waals surface area contributed by atoms with Crippen molar-refractivity contribution in [1.29, 1.82) is 0 Å². The number of nitrogens with zero attached hydrogens (tertiary/aromatic N) is 3. The number of pyridine rings is 1. The van der Waals surface area contributed by atoms with Crippen molar-refractivity contribution in [3.63, 3.8) is 0 Å². The number of hydrogen-bond donors (Lipinski definition) is 0. The first kappa shape index (κ1) is 18.1. The van der Waals surface area contributed by atoms with Crippen LogP contribution in [0.5, 0.6) is 0 Å². The third-order valence-electron chi connectivity index (χ3n) is 6.96. The molecule has 0 aliphatic carbocycles. The number of fused-ring (bicyclic) bond motifs is 1. The van der Waals surface area contributed by atoms with E-state index in [1.807, 2.05) is 12.3 Å². The maximum Gasteiger partial charge on any atom is 0.225 e. The smallest absolute Gasteiger partial charge is 0.225 e. The Morgan fingerprint density at radius 3 is 3.07 bits per heavy atom. The minimum atomic E-state index is -0.353. The van der Waals surface area contributed by atoms with Crippen LogP contribution in [0.3, 0.4) is 0 Å². The molecule has 3 aliphatic heterocycles. The minimum Gasteiger partial charge on any atom is -0.353 e. The Hall–Kier alpha value is -1.98. The van der Waals surface area contributed by atoms with Crippen LogP contribution in [-0.4, -0.2) is 52.2 Å². The standard InChI is InChI=1S/C23H29N3O2/c1-16(2)21-15-28-23-9-11-25(14-19(23)6-8-22(27)26(21)23)13-17-5-7-20-18(12-17)4-3-10-24-20/h3-5,7,10,12,16,19,21H,6,8-9,11,13-15H2,1-2H3/t19-,21-,23-/m1/s1. The summed E-state index contributed by atoms with van der Waals surface area (Å²) in [5.74, 6) is 1.14. The Morgan fingerprint density at radius 1 is 1.32 bits per heavy atom. The molecule has 0 saturated carbocycles. The maximum absolute atomic E-state index is 12.8. The second-order valence-electron chi connectivity index (χ2n) is 8.98. The summed E-state index contributed by atoms with van der Waals surface area (Å²) in [4.78, 5) is 21.9. The summed E-state index contributed by atoms with van der Waals surface area (Å²) in [6, 6.07) is 10.9. The van der Waals surface area contributed by atoms with E-state index in [0.29, 0.717) is 30.8 Å². The molecule has 5 rings (SSSR count). The Labute approximate surface area is 166 Å². The van der Waals surface area contributed by atoms with Crippen LogP contribution in [0.1, 0.15) is 38.7 Å². The van der Waals surface area contributed by atoms with Gasteiger partial charge in [-0.3, -0.25) is 14.7 Å². The number of carbonyl (C=O) groups is 1. The van der Waals surface area contributed by atoms with Crippen molar-refractivity contribution in [3.8, 4) is 0 Å². The lowest BCUT2D eigenvalue weighted by Gasteiger charge is -2.53. The van der Waals surface area contributed by atoms with Crippen LogP contribution in [0.4, 0.5) is 0 Å². The van der Waals surface area contributed by atoms with E-state index in [1.54, 1.807) is 0 Å². The van der Waals surface area contributed by atoms with E-state index in [-0.39, 0.29) is 11.8 Å². The van der Waals surface area contributed by atoms with Gasteiger partial charge in [0.1, 0.15) is 5.72 Å². The lowest BCUT2D eigenvalue weighted by atomic mass is 9.79. The van der Waals surface area contributed by atoms with E-state index in [4.69, 9.17) is 4.74 Å². The molecule has 2 aromatic rings. The van der Waals surface area contributed by atoms with Gasteiger partial charge in [-0.25, -0.2) is 0 Å². The number of ether oxygens (including phenoxy) is 1. The molecule has 1 aromatic carbocycles. The van der Waals surface area contributed by atoms with Crippen molar-refractivity contribution in [2.24, 2.45) is 11.8 Å². The summed E-state index contributed by atoms with van der Waals surface area (Å²) >= 11 is 0. The fraction of sp³-hybridized carbons (Fsp3) is 0.565. The third-order valence-corrected chi connectivity index (χ3v) is 6.96. The normalized spacial score (nSPS) is 30.7. The Morgan fingerprint density at radius 2 is 2.21 bits per heavy atom. The lowest BCUT2D eigenvalue weighted by Crippen LogP contribution is -2.65. The van der Waals surface area contributed by atoms with Crippen LogP contribution in [0.15, 0.2) is 36.5 Å². The van der Waals surface area contributed by atoms with Gasteiger partial charge in [0.2, 0.25) is 5.91 Å². The first-order valence-corrected chi connectivity index (χ1v) is 10.6. The molecule has 28 heavy (non-hydrogen) atoms. The van der Waals surface area contributed by atoms with Crippen LogP contribution in [0.2, 0.25) is 0 Å². The molecule has 148 valence electrons. The number of piperidine rings is 2. The van der Waals surface area contributed by atoms with E-state index in [9.17, 15) is 4.79 Å².